The molecule has 0 aliphatic carbocycles. The van der Waals surface area contributed by atoms with Crippen molar-refractivity contribution >= 4 is 33.2 Å². The summed E-state index contributed by atoms with van der Waals surface area (Å²) in [6.07, 6.45) is 0.636. The molecular formula is C13H20Cl2N2O3S. The molecule has 21 heavy (non-hydrogen) atoms. The fraction of sp³-hybridized carbons (Fsp3) is 0.538. The molecule has 0 unspecified atom stereocenters. The average Bonchev–Trinajstić information content (AvgIpc) is 2.39. The molecule has 1 aromatic carbocycles. The Bertz CT molecular complexity index is 591. The Kier molecular flexibility index (Phi) is 6.74. The van der Waals surface area contributed by atoms with E-state index in [2.05, 4.69) is 4.72 Å². The second-order valence-electron chi connectivity index (χ2n) is 5.10. The van der Waals surface area contributed by atoms with Gasteiger partial charge < -0.3 is 10.5 Å². The van der Waals surface area contributed by atoms with E-state index in [4.69, 9.17) is 33.7 Å². The number of rotatable bonds is 7. The Hall–Kier alpha value is -0.530. The van der Waals surface area contributed by atoms with E-state index in [9.17, 15) is 8.42 Å². The largest absolute Gasteiger partial charge is 0.495 e. The summed E-state index contributed by atoms with van der Waals surface area (Å²) in [5.41, 5.74) is 5.61. The second-order valence-corrected chi connectivity index (χ2v) is 7.60. The number of ether oxygens (including phenoxy) is 1. The number of halogens is 2. The highest BCUT2D eigenvalue weighted by molar-refractivity contribution is 7.89. The zero-order valence-corrected chi connectivity index (χ0v) is 14.5. The van der Waals surface area contributed by atoms with Crippen molar-refractivity contribution in [2.24, 2.45) is 11.7 Å². The lowest BCUT2D eigenvalue weighted by Gasteiger charge is -2.19. The number of sulfonamides is 1. The van der Waals surface area contributed by atoms with Crippen LogP contribution in [0.3, 0.4) is 0 Å². The topological polar surface area (TPSA) is 81.4 Å². The Morgan fingerprint density at radius 2 is 1.90 bits per heavy atom. The van der Waals surface area contributed by atoms with Crippen molar-refractivity contribution in [3.05, 3.63) is 22.2 Å². The molecule has 0 aromatic heterocycles. The highest BCUT2D eigenvalue weighted by Gasteiger charge is 2.24. The summed E-state index contributed by atoms with van der Waals surface area (Å²) in [6, 6.07) is 2.29. The summed E-state index contributed by atoms with van der Waals surface area (Å²) in [5, 5.41) is 0.222. The van der Waals surface area contributed by atoms with Crippen LogP contribution in [0.4, 0.5) is 0 Å². The lowest BCUT2D eigenvalue weighted by Crippen LogP contribution is -2.41. The number of nitrogens with two attached hydrogens (primary N) is 1. The second kappa shape index (κ2) is 7.65. The van der Waals surface area contributed by atoms with Gasteiger partial charge in [-0.1, -0.05) is 37.0 Å². The molecule has 0 saturated heterocycles. The number of methoxy groups -OCH3 is 1. The quantitative estimate of drug-likeness (QED) is 0.788. The minimum atomic E-state index is -3.80. The first-order valence-corrected chi connectivity index (χ1v) is 8.70. The Morgan fingerprint density at radius 1 is 1.29 bits per heavy atom. The Balaban J connectivity index is 3.10. The van der Waals surface area contributed by atoms with Crippen LogP contribution < -0.4 is 15.2 Å². The summed E-state index contributed by atoms with van der Waals surface area (Å²) in [5.74, 6) is 0.634. The molecule has 0 radical (unpaired) electrons. The molecular weight excluding hydrogens is 335 g/mol. The van der Waals surface area contributed by atoms with E-state index in [1.54, 1.807) is 0 Å². The maximum Gasteiger partial charge on any atom is 0.242 e. The van der Waals surface area contributed by atoms with Gasteiger partial charge in [-0.3, -0.25) is 0 Å². The van der Waals surface area contributed by atoms with Crippen LogP contribution in [0.2, 0.25) is 10.0 Å². The van der Waals surface area contributed by atoms with Gasteiger partial charge in [-0.15, -0.1) is 0 Å². The monoisotopic (exact) mass is 354 g/mol. The fourth-order valence-corrected chi connectivity index (χ4v) is 4.03. The predicted molar refractivity (Wildman–Crippen MR) is 85.6 cm³/mol. The maximum absolute atomic E-state index is 12.4. The molecule has 0 spiro atoms. The molecule has 1 aromatic rings. The zero-order chi connectivity index (χ0) is 16.2. The number of hydrogen-bond donors (Lipinski definition) is 2. The van der Waals surface area contributed by atoms with Crippen molar-refractivity contribution in [1.82, 2.24) is 4.72 Å². The number of nitrogens with one attached hydrogen (secondary N) is 1. The van der Waals surface area contributed by atoms with Gasteiger partial charge in [-0.25, -0.2) is 13.1 Å². The van der Waals surface area contributed by atoms with Crippen molar-refractivity contribution in [3.8, 4) is 5.75 Å². The van der Waals surface area contributed by atoms with E-state index >= 15 is 0 Å². The van der Waals surface area contributed by atoms with E-state index in [1.807, 2.05) is 13.8 Å². The standard InChI is InChI=1S/C13H20Cl2N2O3S/c1-8(2)4-9(7-16)17-21(18,19)13-6-10(14)12(20-3)5-11(13)15/h5-6,8-9,17H,4,7,16H2,1-3H3/t9-/m0/s1. The summed E-state index contributed by atoms with van der Waals surface area (Å²) in [7, 11) is -2.37. The molecule has 0 aliphatic rings. The fourth-order valence-electron chi connectivity index (χ4n) is 1.92. The van der Waals surface area contributed by atoms with Crippen LogP contribution in [0.5, 0.6) is 5.75 Å². The van der Waals surface area contributed by atoms with Gasteiger partial charge in [0.15, 0.2) is 0 Å². The van der Waals surface area contributed by atoms with E-state index in [-0.39, 0.29) is 27.5 Å². The van der Waals surface area contributed by atoms with Gasteiger partial charge in [-0.05, 0) is 18.4 Å². The molecule has 0 bridgehead atoms. The Labute approximate surface area is 135 Å². The molecule has 0 aliphatic heterocycles. The molecule has 120 valence electrons. The van der Waals surface area contributed by atoms with Gasteiger partial charge in [0.1, 0.15) is 10.6 Å². The lowest BCUT2D eigenvalue weighted by atomic mass is 10.1. The third-order valence-electron chi connectivity index (χ3n) is 2.86. The smallest absolute Gasteiger partial charge is 0.242 e. The van der Waals surface area contributed by atoms with Crippen LogP contribution in [0, 0.1) is 5.92 Å². The first-order chi connectivity index (χ1) is 9.71. The number of benzene rings is 1. The van der Waals surface area contributed by atoms with Crippen LogP contribution in [0.15, 0.2) is 17.0 Å². The molecule has 1 rings (SSSR count). The molecule has 0 heterocycles. The Morgan fingerprint density at radius 3 is 2.38 bits per heavy atom. The third kappa shape index (κ3) is 5.00. The summed E-state index contributed by atoms with van der Waals surface area (Å²) >= 11 is 12.0. The van der Waals surface area contributed by atoms with Crippen LogP contribution in [0.25, 0.3) is 0 Å². The van der Waals surface area contributed by atoms with E-state index < -0.39 is 10.0 Å². The lowest BCUT2D eigenvalue weighted by molar-refractivity contribution is 0.414. The van der Waals surface area contributed by atoms with Gasteiger partial charge in [0.2, 0.25) is 10.0 Å². The van der Waals surface area contributed by atoms with Crippen molar-refractivity contribution in [3.63, 3.8) is 0 Å². The molecule has 0 amide bonds. The van der Waals surface area contributed by atoms with Gasteiger partial charge in [0.25, 0.3) is 0 Å². The molecule has 1 atom stereocenters. The van der Waals surface area contributed by atoms with E-state index in [1.165, 1.54) is 19.2 Å². The molecule has 0 saturated carbocycles. The highest BCUT2D eigenvalue weighted by Crippen LogP contribution is 2.33. The van der Waals surface area contributed by atoms with Gasteiger partial charge in [-0.2, -0.15) is 0 Å². The predicted octanol–water partition coefficient (Wildman–Crippen LogP) is 2.65. The highest BCUT2D eigenvalue weighted by atomic mass is 35.5. The van der Waals surface area contributed by atoms with E-state index in [0.29, 0.717) is 18.1 Å². The van der Waals surface area contributed by atoms with Crippen molar-refractivity contribution in [1.29, 1.82) is 0 Å². The first-order valence-electron chi connectivity index (χ1n) is 6.46. The normalized spacial score (nSPS) is 13.5. The molecule has 3 N–H and O–H groups in total. The maximum atomic E-state index is 12.4. The first kappa shape index (κ1) is 18.5. The molecule has 5 nitrogen and oxygen atoms in total. The minimum absolute atomic E-state index is 0.0454. The van der Waals surface area contributed by atoms with Gasteiger partial charge >= 0.3 is 0 Å². The van der Waals surface area contributed by atoms with Crippen LogP contribution in [-0.2, 0) is 10.0 Å². The zero-order valence-electron chi connectivity index (χ0n) is 12.2. The van der Waals surface area contributed by atoms with Gasteiger partial charge in [0.05, 0.1) is 17.2 Å². The van der Waals surface area contributed by atoms with Crippen LogP contribution in [0.1, 0.15) is 20.3 Å². The van der Waals surface area contributed by atoms with E-state index in [0.717, 1.165) is 0 Å². The van der Waals surface area contributed by atoms with Crippen LogP contribution >= 0.6 is 23.2 Å². The average molecular weight is 355 g/mol. The summed E-state index contributed by atoms with van der Waals surface area (Å²) in [6.45, 7) is 4.20. The minimum Gasteiger partial charge on any atom is -0.495 e. The molecule has 0 fully saturated rings. The van der Waals surface area contributed by atoms with Crippen molar-refractivity contribution in [2.75, 3.05) is 13.7 Å². The summed E-state index contributed by atoms with van der Waals surface area (Å²) in [4.78, 5) is -0.0860. The number of hydrogen-bond acceptors (Lipinski definition) is 4. The summed E-state index contributed by atoms with van der Waals surface area (Å²) < 4.78 is 32.4. The van der Waals surface area contributed by atoms with Crippen molar-refractivity contribution < 1.29 is 13.2 Å². The van der Waals surface area contributed by atoms with Gasteiger partial charge in [0, 0.05) is 18.7 Å². The van der Waals surface area contributed by atoms with Crippen LogP contribution in [-0.4, -0.2) is 28.1 Å². The molecule has 8 heteroatoms. The SMILES string of the molecule is COc1cc(Cl)c(S(=O)(=O)N[C@H](CN)CC(C)C)cc1Cl. The third-order valence-corrected chi connectivity index (χ3v) is 5.14. The van der Waals surface area contributed by atoms with Crippen molar-refractivity contribution in [2.45, 2.75) is 31.2 Å².